The molecular formula is C14H18FN3O2. The molecule has 0 aliphatic carbocycles. The molecule has 0 unspecified atom stereocenters. The van der Waals surface area contributed by atoms with Crippen molar-refractivity contribution in [2.45, 2.75) is 20.0 Å². The Kier molecular flexibility index (Phi) is 4.34. The summed E-state index contributed by atoms with van der Waals surface area (Å²) in [6, 6.07) is 4.59. The third-order valence-corrected chi connectivity index (χ3v) is 3.44. The first-order valence-electron chi connectivity index (χ1n) is 6.58. The third-order valence-electron chi connectivity index (χ3n) is 3.44. The average Bonchev–Trinajstić information content (AvgIpc) is 2.44. The first-order chi connectivity index (χ1) is 9.55. The minimum absolute atomic E-state index is 0.0618. The third kappa shape index (κ3) is 2.96. The van der Waals surface area contributed by atoms with Crippen molar-refractivity contribution in [3.63, 3.8) is 0 Å². The molecule has 2 amide bonds. The number of benzene rings is 1. The van der Waals surface area contributed by atoms with E-state index in [-0.39, 0.29) is 37.3 Å². The van der Waals surface area contributed by atoms with Gasteiger partial charge in [0.1, 0.15) is 12.4 Å². The number of hydrogen-bond acceptors (Lipinski definition) is 3. The highest BCUT2D eigenvalue weighted by atomic mass is 19.1. The number of nitrogens with two attached hydrogens (primary N) is 1. The standard InChI is InChI=1S/C14H18FN3O2/c1-2-17-8-14(20)18(9-13(17)19)7-10-3-4-12(15)11(5-10)6-16/h3-5H,2,6-9,16H2,1H3. The van der Waals surface area contributed by atoms with Crippen LogP contribution in [0.15, 0.2) is 18.2 Å². The maximum atomic E-state index is 13.4. The van der Waals surface area contributed by atoms with Crippen LogP contribution in [0.2, 0.25) is 0 Å². The molecule has 6 heteroatoms. The maximum absolute atomic E-state index is 13.4. The Morgan fingerprint density at radius 2 is 1.85 bits per heavy atom. The molecule has 1 aliphatic rings. The lowest BCUT2D eigenvalue weighted by molar-refractivity contribution is -0.150. The zero-order valence-corrected chi connectivity index (χ0v) is 11.4. The number of likely N-dealkylation sites (N-methyl/N-ethyl adjacent to an activating group) is 1. The Morgan fingerprint density at radius 3 is 2.50 bits per heavy atom. The molecule has 2 N–H and O–H groups in total. The molecule has 108 valence electrons. The van der Waals surface area contributed by atoms with Crippen molar-refractivity contribution >= 4 is 11.8 Å². The molecule has 1 fully saturated rings. The Balaban J connectivity index is 2.10. The van der Waals surface area contributed by atoms with Crippen molar-refractivity contribution in [3.8, 4) is 0 Å². The van der Waals surface area contributed by atoms with Gasteiger partial charge in [-0.25, -0.2) is 4.39 Å². The van der Waals surface area contributed by atoms with Crippen LogP contribution in [0.25, 0.3) is 0 Å². The van der Waals surface area contributed by atoms with Gasteiger partial charge in [-0.2, -0.15) is 0 Å². The van der Waals surface area contributed by atoms with E-state index < -0.39 is 0 Å². The fourth-order valence-electron chi connectivity index (χ4n) is 2.24. The highest BCUT2D eigenvalue weighted by molar-refractivity contribution is 5.92. The molecule has 1 aromatic carbocycles. The smallest absolute Gasteiger partial charge is 0.242 e. The Bertz CT molecular complexity index is 533. The summed E-state index contributed by atoms with van der Waals surface area (Å²) in [6.45, 7) is 2.97. The van der Waals surface area contributed by atoms with Gasteiger partial charge in [0.2, 0.25) is 11.8 Å². The van der Waals surface area contributed by atoms with E-state index in [1.54, 1.807) is 12.1 Å². The molecule has 0 bridgehead atoms. The monoisotopic (exact) mass is 279 g/mol. The average molecular weight is 279 g/mol. The Hall–Kier alpha value is -1.95. The van der Waals surface area contributed by atoms with Crippen molar-refractivity contribution in [2.24, 2.45) is 5.73 Å². The first kappa shape index (κ1) is 14.5. The summed E-state index contributed by atoms with van der Waals surface area (Å²) in [6.07, 6.45) is 0. The number of carbonyl (C=O) groups is 2. The van der Waals surface area contributed by atoms with Gasteiger partial charge in [0, 0.05) is 25.2 Å². The number of halogens is 1. The molecule has 0 atom stereocenters. The SMILES string of the molecule is CCN1CC(=O)N(Cc2ccc(F)c(CN)c2)CC1=O. The molecule has 1 aromatic rings. The van der Waals surface area contributed by atoms with Crippen molar-refractivity contribution in [1.29, 1.82) is 0 Å². The van der Waals surface area contributed by atoms with Crippen LogP contribution >= 0.6 is 0 Å². The topological polar surface area (TPSA) is 66.6 Å². The number of rotatable bonds is 4. The number of piperazine rings is 1. The summed E-state index contributed by atoms with van der Waals surface area (Å²) in [4.78, 5) is 26.8. The van der Waals surface area contributed by atoms with Gasteiger partial charge >= 0.3 is 0 Å². The summed E-state index contributed by atoms with van der Waals surface area (Å²) in [5.41, 5.74) is 6.64. The molecule has 1 aliphatic heterocycles. The zero-order chi connectivity index (χ0) is 14.7. The Morgan fingerprint density at radius 1 is 1.20 bits per heavy atom. The Labute approximate surface area is 117 Å². The van der Waals surface area contributed by atoms with Gasteiger partial charge in [0.05, 0.1) is 6.54 Å². The summed E-state index contributed by atoms with van der Waals surface area (Å²) in [5, 5.41) is 0. The van der Waals surface area contributed by atoms with Gasteiger partial charge in [0.15, 0.2) is 0 Å². The van der Waals surface area contributed by atoms with Crippen LogP contribution in [0, 0.1) is 5.82 Å². The van der Waals surface area contributed by atoms with Gasteiger partial charge in [-0.15, -0.1) is 0 Å². The van der Waals surface area contributed by atoms with Crippen LogP contribution in [0.4, 0.5) is 4.39 Å². The summed E-state index contributed by atoms with van der Waals surface area (Å²) >= 11 is 0. The second-order valence-electron chi connectivity index (χ2n) is 4.79. The van der Waals surface area contributed by atoms with Crippen LogP contribution in [-0.2, 0) is 22.7 Å². The van der Waals surface area contributed by atoms with Crippen molar-refractivity contribution in [3.05, 3.63) is 35.1 Å². The van der Waals surface area contributed by atoms with E-state index in [9.17, 15) is 14.0 Å². The van der Waals surface area contributed by atoms with Crippen LogP contribution in [0.5, 0.6) is 0 Å². The minimum Gasteiger partial charge on any atom is -0.332 e. The lowest BCUT2D eigenvalue weighted by atomic mass is 10.1. The molecule has 0 aromatic heterocycles. The van der Waals surface area contributed by atoms with Crippen LogP contribution in [0.1, 0.15) is 18.1 Å². The molecule has 0 radical (unpaired) electrons. The van der Waals surface area contributed by atoms with E-state index in [1.807, 2.05) is 6.92 Å². The minimum atomic E-state index is -0.352. The predicted octanol–water partition coefficient (Wildman–Crippen LogP) is 0.475. The molecular weight excluding hydrogens is 261 g/mol. The maximum Gasteiger partial charge on any atom is 0.242 e. The van der Waals surface area contributed by atoms with Crippen LogP contribution in [0.3, 0.4) is 0 Å². The second kappa shape index (κ2) is 6.00. The molecule has 0 spiro atoms. The van der Waals surface area contributed by atoms with Crippen LogP contribution < -0.4 is 5.73 Å². The fourth-order valence-corrected chi connectivity index (χ4v) is 2.24. The molecule has 5 nitrogen and oxygen atoms in total. The molecule has 1 heterocycles. The molecule has 1 saturated heterocycles. The van der Waals surface area contributed by atoms with Gasteiger partial charge < -0.3 is 15.5 Å². The van der Waals surface area contributed by atoms with E-state index >= 15 is 0 Å². The van der Waals surface area contributed by atoms with E-state index in [0.717, 1.165) is 5.56 Å². The van der Waals surface area contributed by atoms with E-state index in [2.05, 4.69) is 0 Å². The van der Waals surface area contributed by atoms with Gasteiger partial charge in [0.25, 0.3) is 0 Å². The predicted molar refractivity (Wildman–Crippen MR) is 72.0 cm³/mol. The summed E-state index contributed by atoms with van der Waals surface area (Å²) in [5.74, 6) is -0.507. The molecule has 0 saturated carbocycles. The molecule has 20 heavy (non-hydrogen) atoms. The van der Waals surface area contributed by atoms with Crippen molar-refractivity contribution < 1.29 is 14.0 Å². The number of carbonyl (C=O) groups excluding carboxylic acids is 2. The quantitative estimate of drug-likeness (QED) is 0.871. The highest BCUT2D eigenvalue weighted by Crippen LogP contribution is 2.14. The highest BCUT2D eigenvalue weighted by Gasteiger charge is 2.28. The lowest BCUT2D eigenvalue weighted by Crippen LogP contribution is -2.53. The second-order valence-corrected chi connectivity index (χ2v) is 4.79. The van der Waals surface area contributed by atoms with Gasteiger partial charge in [-0.3, -0.25) is 9.59 Å². The summed E-state index contributed by atoms with van der Waals surface area (Å²) in [7, 11) is 0. The van der Waals surface area contributed by atoms with E-state index in [4.69, 9.17) is 5.73 Å². The lowest BCUT2D eigenvalue weighted by Gasteiger charge is -2.33. The summed E-state index contributed by atoms with van der Waals surface area (Å²) < 4.78 is 13.4. The molecule has 2 rings (SSSR count). The van der Waals surface area contributed by atoms with Gasteiger partial charge in [-0.1, -0.05) is 6.07 Å². The van der Waals surface area contributed by atoms with Crippen LogP contribution in [-0.4, -0.2) is 41.2 Å². The van der Waals surface area contributed by atoms with Crippen molar-refractivity contribution in [2.75, 3.05) is 19.6 Å². The normalized spacial score (nSPS) is 15.9. The van der Waals surface area contributed by atoms with E-state index in [1.165, 1.54) is 15.9 Å². The number of hydrogen-bond donors (Lipinski definition) is 1. The fraction of sp³-hybridized carbons (Fsp3) is 0.429. The number of amides is 2. The zero-order valence-electron chi connectivity index (χ0n) is 11.4. The first-order valence-corrected chi connectivity index (χ1v) is 6.58. The largest absolute Gasteiger partial charge is 0.332 e. The van der Waals surface area contributed by atoms with E-state index in [0.29, 0.717) is 18.7 Å². The van der Waals surface area contributed by atoms with Crippen molar-refractivity contribution in [1.82, 2.24) is 9.80 Å². The number of nitrogens with zero attached hydrogens (tertiary/aromatic N) is 2. The van der Waals surface area contributed by atoms with Gasteiger partial charge in [-0.05, 0) is 24.6 Å².